The largest absolute Gasteiger partial charge is 0.491 e. The Morgan fingerprint density at radius 2 is 2.18 bits per heavy atom. The summed E-state index contributed by atoms with van der Waals surface area (Å²) in [6.07, 6.45) is 3.20. The van der Waals surface area contributed by atoms with Gasteiger partial charge in [0.05, 0.1) is 18.4 Å². The van der Waals surface area contributed by atoms with Gasteiger partial charge >= 0.3 is 0 Å². The Labute approximate surface area is 138 Å². The zero-order chi connectivity index (χ0) is 15.1. The fraction of sp³-hybridized carbons (Fsp3) is 0.562. The lowest BCUT2D eigenvalue weighted by atomic mass is 10.2. The second-order valence-corrected chi connectivity index (χ2v) is 5.25. The van der Waals surface area contributed by atoms with Gasteiger partial charge in [0.25, 0.3) is 5.91 Å². The van der Waals surface area contributed by atoms with Crippen molar-refractivity contribution in [2.24, 2.45) is 5.73 Å². The third kappa shape index (κ3) is 5.16. The highest BCUT2D eigenvalue weighted by Gasteiger charge is 2.30. The van der Waals surface area contributed by atoms with Crippen LogP contribution in [0.5, 0.6) is 5.75 Å². The maximum Gasteiger partial charge on any atom is 0.253 e. The first-order valence-electron chi connectivity index (χ1n) is 7.62. The predicted molar refractivity (Wildman–Crippen MR) is 89.7 cm³/mol. The molecule has 6 heteroatoms. The van der Waals surface area contributed by atoms with E-state index >= 15 is 0 Å². The number of halogens is 1. The number of anilines is 1. The maximum atomic E-state index is 12.2. The molecule has 1 aliphatic heterocycles. The lowest BCUT2D eigenvalue weighted by Gasteiger charge is -2.15. The Kier molecular flexibility index (Phi) is 8.24. The number of carbonyl (C=O) groups is 1. The molecule has 0 aliphatic carbocycles. The Balaban J connectivity index is 0.00000242. The van der Waals surface area contributed by atoms with Crippen molar-refractivity contribution in [2.45, 2.75) is 44.8 Å². The quantitative estimate of drug-likeness (QED) is 0.755. The van der Waals surface area contributed by atoms with E-state index in [2.05, 4.69) is 12.2 Å². The van der Waals surface area contributed by atoms with E-state index in [1.807, 2.05) is 24.3 Å². The van der Waals surface area contributed by atoms with Gasteiger partial charge in [-0.2, -0.15) is 0 Å². The van der Waals surface area contributed by atoms with Gasteiger partial charge in [0, 0.05) is 6.54 Å². The van der Waals surface area contributed by atoms with E-state index < -0.39 is 6.10 Å². The smallest absolute Gasteiger partial charge is 0.253 e. The van der Waals surface area contributed by atoms with Crippen molar-refractivity contribution in [3.05, 3.63) is 24.3 Å². The van der Waals surface area contributed by atoms with Gasteiger partial charge < -0.3 is 20.5 Å². The maximum absolute atomic E-state index is 12.2. The lowest BCUT2D eigenvalue weighted by molar-refractivity contribution is -0.126. The van der Waals surface area contributed by atoms with E-state index in [9.17, 15) is 4.79 Å². The van der Waals surface area contributed by atoms with Crippen LogP contribution in [-0.2, 0) is 9.53 Å². The topological polar surface area (TPSA) is 73.6 Å². The summed E-state index contributed by atoms with van der Waals surface area (Å²) in [5.74, 6) is 0.574. The van der Waals surface area contributed by atoms with Crippen molar-refractivity contribution in [1.29, 1.82) is 0 Å². The number of para-hydroxylation sites is 2. The number of carbonyl (C=O) groups excluding carboxylic acids is 1. The summed E-state index contributed by atoms with van der Waals surface area (Å²) < 4.78 is 11.3. The first kappa shape index (κ1) is 18.7. The van der Waals surface area contributed by atoms with Crippen LogP contribution in [0.2, 0.25) is 0 Å². The third-order valence-electron chi connectivity index (χ3n) is 3.56. The Morgan fingerprint density at radius 1 is 1.41 bits per heavy atom. The van der Waals surface area contributed by atoms with Crippen LogP contribution < -0.4 is 15.8 Å². The molecule has 0 unspecified atom stereocenters. The van der Waals surface area contributed by atoms with Crippen molar-refractivity contribution < 1.29 is 14.3 Å². The number of nitrogens with one attached hydrogen (secondary N) is 1. The van der Waals surface area contributed by atoms with Gasteiger partial charge in [-0.1, -0.05) is 25.5 Å². The molecule has 2 rings (SSSR count). The first-order chi connectivity index (χ1) is 10.2. The summed E-state index contributed by atoms with van der Waals surface area (Å²) >= 11 is 0. The fourth-order valence-electron chi connectivity index (χ4n) is 2.31. The van der Waals surface area contributed by atoms with E-state index in [0.717, 1.165) is 19.3 Å². The van der Waals surface area contributed by atoms with E-state index in [4.69, 9.17) is 15.2 Å². The van der Waals surface area contributed by atoms with Crippen LogP contribution in [0.25, 0.3) is 0 Å². The summed E-state index contributed by atoms with van der Waals surface area (Å²) in [4.78, 5) is 12.2. The van der Waals surface area contributed by atoms with E-state index in [-0.39, 0.29) is 24.4 Å². The van der Waals surface area contributed by atoms with Crippen molar-refractivity contribution in [3.63, 3.8) is 0 Å². The average molecular weight is 329 g/mol. The van der Waals surface area contributed by atoms with E-state index in [0.29, 0.717) is 31.0 Å². The molecule has 1 amide bonds. The first-order valence-corrected chi connectivity index (χ1v) is 7.62. The summed E-state index contributed by atoms with van der Waals surface area (Å²) in [5, 5.41) is 2.89. The van der Waals surface area contributed by atoms with Gasteiger partial charge in [-0.3, -0.25) is 4.79 Å². The minimum absolute atomic E-state index is 0. The Bertz CT molecular complexity index is 470. The number of hydrogen-bond acceptors (Lipinski definition) is 4. The molecule has 0 aromatic heterocycles. The number of ether oxygens (including phenoxy) is 2. The number of amides is 1. The molecule has 0 saturated carbocycles. The molecule has 1 aromatic rings. The number of benzene rings is 1. The van der Waals surface area contributed by atoms with E-state index in [1.165, 1.54) is 0 Å². The van der Waals surface area contributed by atoms with Gasteiger partial charge in [-0.05, 0) is 31.4 Å². The average Bonchev–Trinajstić information content (AvgIpc) is 2.98. The minimum Gasteiger partial charge on any atom is -0.491 e. The molecule has 0 radical (unpaired) electrons. The molecule has 1 aromatic carbocycles. The molecule has 5 nitrogen and oxygen atoms in total. The lowest BCUT2D eigenvalue weighted by Crippen LogP contribution is -2.29. The number of rotatable bonds is 7. The highest BCUT2D eigenvalue weighted by Crippen LogP contribution is 2.26. The van der Waals surface area contributed by atoms with E-state index in [1.54, 1.807) is 0 Å². The molecule has 2 atom stereocenters. The zero-order valence-electron chi connectivity index (χ0n) is 12.9. The van der Waals surface area contributed by atoms with Crippen LogP contribution >= 0.6 is 12.4 Å². The monoisotopic (exact) mass is 328 g/mol. The molecule has 1 aliphatic rings. The highest BCUT2D eigenvalue weighted by atomic mass is 35.5. The predicted octanol–water partition coefficient (Wildman–Crippen LogP) is 2.73. The van der Waals surface area contributed by atoms with Crippen LogP contribution in [0.1, 0.15) is 32.6 Å². The normalized spacial score (nSPS) is 20.3. The second kappa shape index (κ2) is 9.66. The van der Waals surface area contributed by atoms with Crippen molar-refractivity contribution in [1.82, 2.24) is 0 Å². The van der Waals surface area contributed by atoms with Gasteiger partial charge in [0.15, 0.2) is 0 Å². The van der Waals surface area contributed by atoms with Crippen molar-refractivity contribution in [2.75, 3.05) is 18.5 Å². The van der Waals surface area contributed by atoms with Gasteiger partial charge in [0.2, 0.25) is 0 Å². The molecule has 1 saturated heterocycles. The third-order valence-corrected chi connectivity index (χ3v) is 3.56. The molecular formula is C16H25ClN2O3. The van der Waals surface area contributed by atoms with Gasteiger partial charge in [-0.25, -0.2) is 0 Å². The molecule has 1 heterocycles. The highest BCUT2D eigenvalue weighted by molar-refractivity contribution is 5.95. The summed E-state index contributed by atoms with van der Waals surface area (Å²) in [5.41, 5.74) is 6.26. The standard InChI is InChI=1S/C16H24N2O3.ClH/c1-2-3-10-20-14-7-5-4-6-13(14)18-16(19)15-9-8-12(11-17)21-15;/h4-7,12,15H,2-3,8-11,17H2,1H3,(H,18,19);1H/t12-,15+;/m1./s1. The van der Waals surface area contributed by atoms with Crippen LogP contribution in [0.15, 0.2) is 24.3 Å². The number of hydrogen-bond donors (Lipinski definition) is 2. The summed E-state index contributed by atoms with van der Waals surface area (Å²) in [6, 6.07) is 7.48. The molecule has 1 fully saturated rings. The molecule has 0 bridgehead atoms. The fourth-order valence-corrected chi connectivity index (χ4v) is 2.31. The second-order valence-electron chi connectivity index (χ2n) is 5.25. The number of unbranched alkanes of at least 4 members (excludes halogenated alkanes) is 1. The SMILES string of the molecule is CCCCOc1ccccc1NC(=O)[C@@H]1CC[C@H](CN)O1.Cl. The molecule has 22 heavy (non-hydrogen) atoms. The number of nitrogens with two attached hydrogens (primary N) is 1. The van der Waals surface area contributed by atoms with Gasteiger partial charge in [0.1, 0.15) is 11.9 Å². The van der Waals surface area contributed by atoms with Crippen molar-refractivity contribution in [3.8, 4) is 5.75 Å². The molecule has 124 valence electrons. The van der Waals surface area contributed by atoms with Crippen LogP contribution in [0.3, 0.4) is 0 Å². The Hall–Kier alpha value is -1.30. The summed E-state index contributed by atoms with van der Waals surface area (Å²) in [6.45, 7) is 3.22. The van der Waals surface area contributed by atoms with Gasteiger partial charge in [-0.15, -0.1) is 12.4 Å². The van der Waals surface area contributed by atoms with Crippen LogP contribution in [0, 0.1) is 0 Å². The molecule has 3 N–H and O–H groups in total. The van der Waals surface area contributed by atoms with Crippen molar-refractivity contribution >= 4 is 24.0 Å². The van der Waals surface area contributed by atoms with Crippen LogP contribution in [0.4, 0.5) is 5.69 Å². The molecular weight excluding hydrogens is 304 g/mol. The van der Waals surface area contributed by atoms with Crippen LogP contribution in [-0.4, -0.2) is 31.3 Å². The molecule has 0 spiro atoms. The zero-order valence-corrected chi connectivity index (χ0v) is 13.7. The Morgan fingerprint density at radius 3 is 2.86 bits per heavy atom. The minimum atomic E-state index is -0.415. The summed E-state index contributed by atoms with van der Waals surface area (Å²) in [7, 11) is 0.